The van der Waals surface area contributed by atoms with E-state index < -0.39 is 0 Å². The third-order valence-corrected chi connectivity index (χ3v) is 21.2. The lowest BCUT2D eigenvalue weighted by Crippen LogP contribution is -2.64. The zero-order valence-corrected chi connectivity index (χ0v) is 56.8. The second-order valence-corrected chi connectivity index (χ2v) is 27.0. The first-order valence-electron chi connectivity index (χ1n) is 35.8. The predicted molar refractivity (Wildman–Crippen MR) is 437 cm³/mol. The summed E-state index contributed by atoms with van der Waals surface area (Å²) in [6.45, 7) is -0.508. The standard InChI is InChI=1S/C96H65B2N5O/c1-8-34-66(35-9-1)75-48-22-28-54-83(75)99(70-42-16-5-17-43-70)73-60-90-95-91(61-73)103(86-57-31-25-51-78(86)69-40-14-4-15-41-69)89-65-88-81(64-82(89)97(95)79-52-26-32-58-87(79)102(90)85-56-30-24-50-77(85)68-38-12-3-13-39-68)98-80-53-27-33-59-93(80)104-94-63-74(62-92(96(94)98)101(88)72-46-20-7-21-47-72)100(71-44-18-6-19-45-71)84-55-29-23-49-76(84)67-36-10-2-11-37-67/h1-65H. The van der Waals surface area contributed by atoms with Gasteiger partial charge in [-0.2, -0.15) is 0 Å². The fraction of sp³-hybridized carbons (Fsp3) is 0. The molecule has 16 aromatic carbocycles. The first-order chi connectivity index (χ1) is 51.7. The van der Waals surface area contributed by atoms with E-state index in [1.54, 1.807) is 0 Å². The average molecular weight is 1330 g/mol. The Hall–Kier alpha value is -13.6. The minimum atomic E-state index is -0.264. The van der Waals surface area contributed by atoms with Crippen LogP contribution < -0.4 is 62.0 Å². The highest BCUT2D eigenvalue weighted by atomic mass is 16.5. The summed E-state index contributed by atoms with van der Waals surface area (Å²) in [4.78, 5) is 12.6. The number of benzene rings is 16. The number of hydrogen-bond donors (Lipinski definition) is 0. The molecule has 0 aliphatic carbocycles. The molecule has 6 nitrogen and oxygen atoms in total. The Morgan fingerprint density at radius 2 is 0.567 bits per heavy atom. The van der Waals surface area contributed by atoms with Crippen LogP contribution in [0.2, 0.25) is 0 Å². The molecule has 0 amide bonds. The molecule has 486 valence electrons. The van der Waals surface area contributed by atoms with Crippen LogP contribution in [0, 0.1) is 0 Å². The van der Waals surface area contributed by atoms with Crippen molar-refractivity contribution in [2.75, 3.05) is 24.5 Å². The molecule has 0 radical (unpaired) electrons. The molecule has 4 aliphatic rings. The van der Waals surface area contributed by atoms with E-state index in [4.69, 9.17) is 4.74 Å². The predicted octanol–water partition coefficient (Wildman–Crippen LogP) is 21.8. The summed E-state index contributed by atoms with van der Waals surface area (Å²) in [5.74, 6) is 1.65. The van der Waals surface area contributed by atoms with E-state index in [-0.39, 0.29) is 13.4 Å². The summed E-state index contributed by atoms with van der Waals surface area (Å²) >= 11 is 0. The van der Waals surface area contributed by atoms with Gasteiger partial charge < -0.3 is 29.2 Å². The van der Waals surface area contributed by atoms with Crippen LogP contribution in [-0.2, 0) is 0 Å². The fourth-order valence-electron chi connectivity index (χ4n) is 16.9. The van der Waals surface area contributed by atoms with Crippen LogP contribution in [0.15, 0.2) is 394 Å². The van der Waals surface area contributed by atoms with Crippen LogP contribution in [0.4, 0.5) is 85.3 Å². The van der Waals surface area contributed by atoms with E-state index in [2.05, 4.69) is 419 Å². The third-order valence-electron chi connectivity index (χ3n) is 21.2. The van der Waals surface area contributed by atoms with Crippen molar-refractivity contribution >= 4 is 132 Å². The maximum Gasteiger partial charge on any atom is 0.256 e. The van der Waals surface area contributed by atoms with E-state index in [0.717, 1.165) is 152 Å². The van der Waals surface area contributed by atoms with Gasteiger partial charge in [0.25, 0.3) is 13.4 Å². The van der Waals surface area contributed by atoms with E-state index in [0.29, 0.717) is 0 Å². The largest absolute Gasteiger partial charge is 0.458 e. The molecule has 20 rings (SSSR count). The Morgan fingerprint density at radius 3 is 1.08 bits per heavy atom. The number of hydrogen-bond acceptors (Lipinski definition) is 6. The zero-order chi connectivity index (χ0) is 68.6. The molecule has 4 heterocycles. The van der Waals surface area contributed by atoms with Gasteiger partial charge >= 0.3 is 0 Å². The lowest BCUT2D eigenvalue weighted by Gasteiger charge is -2.47. The molecule has 0 spiro atoms. The molecule has 0 bridgehead atoms. The van der Waals surface area contributed by atoms with Crippen molar-refractivity contribution in [2.45, 2.75) is 0 Å². The molecule has 0 unspecified atom stereocenters. The summed E-state index contributed by atoms with van der Waals surface area (Å²) in [5, 5.41) is 0. The first kappa shape index (κ1) is 60.4. The SMILES string of the molecule is c1ccc(-c2ccccc2N(c2ccccc2)c2cc3c4c(c2)N(c2ccccc2)c2cc5c(cc2B4c2ccccc2O3)B2c3ccccc3N(c3ccccc3-c3ccccc3)c3cc(N(c4ccccc4)c4ccccc4-c4ccccc4)cc(c32)N5c2ccccc2-c2ccccc2)cc1. The van der Waals surface area contributed by atoms with Crippen molar-refractivity contribution in [3.05, 3.63) is 394 Å². The molecule has 104 heavy (non-hydrogen) atoms. The highest BCUT2D eigenvalue weighted by molar-refractivity contribution is 7.02. The van der Waals surface area contributed by atoms with E-state index >= 15 is 0 Å². The molecule has 0 saturated heterocycles. The van der Waals surface area contributed by atoms with Gasteiger partial charge in [-0.25, -0.2) is 0 Å². The van der Waals surface area contributed by atoms with Gasteiger partial charge in [0.15, 0.2) is 0 Å². The first-order valence-corrected chi connectivity index (χ1v) is 35.8. The lowest BCUT2D eigenvalue weighted by molar-refractivity contribution is 0.487. The second-order valence-electron chi connectivity index (χ2n) is 27.0. The highest BCUT2D eigenvalue weighted by Crippen LogP contribution is 2.54. The van der Waals surface area contributed by atoms with Gasteiger partial charge in [-0.15, -0.1) is 0 Å². The Kier molecular flexibility index (Phi) is 14.7. The van der Waals surface area contributed by atoms with Crippen LogP contribution in [0.3, 0.4) is 0 Å². The van der Waals surface area contributed by atoms with Gasteiger partial charge in [-0.1, -0.05) is 291 Å². The van der Waals surface area contributed by atoms with Crippen LogP contribution in [0.1, 0.15) is 0 Å². The van der Waals surface area contributed by atoms with Crippen molar-refractivity contribution in [3.8, 4) is 56.0 Å². The summed E-state index contributed by atoms with van der Waals surface area (Å²) in [7, 11) is 0. The van der Waals surface area contributed by atoms with Gasteiger partial charge in [-0.05, 0) is 152 Å². The van der Waals surface area contributed by atoms with Gasteiger partial charge in [-0.3, -0.25) is 0 Å². The van der Waals surface area contributed by atoms with Gasteiger partial charge in [0.05, 0.1) is 34.1 Å². The van der Waals surface area contributed by atoms with Crippen molar-refractivity contribution < 1.29 is 4.74 Å². The van der Waals surface area contributed by atoms with Crippen molar-refractivity contribution in [1.29, 1.82) is 0 Å². The minimum Gasteiger partial charge on any atom is -0.458 e. The van der Waals surface area contributed by atoms with Gasteiger partial charge in [0.1, 0.15) is 11.5 Å². The molecule has 8 heteroatoms. The van der Waals surface area contributed by atoms with Crippen molar-refractivity contribution in [1.82, 2.24) is 0 Å². The molecule has 0 fully saturated rings. The molecule has 0 atom stereocenters. The Labute approximate surface area is 607 Å². The smallest absolute Gasteiger partial charge is 0.256 e. The summed E-state index contributed by atoms with van der Waals surface area (Å²) in [6.07, 6.45) is 0. The summed E-state index contributed by atoms with van der Waals surface area (Å²) in [5.41, 5.74) is 31.9. The Morgan fingerprint density at radius 1 is 0.212 bits per heavy atom. The quantitative estimate of drug-likeness (QED) is 0.107. The van der Waals surface area contributed by atoms with Crippen LogP contribution in [-0.4, -0.2) is 13.4 Å². The number of ether oxygens (including phenoxy) is 1. The van der Waals surface area contributed by atoms with Crippen LogP contribution in [0.25, 0.3) is 44.5 Å². The maximum atomic E-state index is 7.45. The zero-order valence-electron chi connectivity index (χ0n) is 56.8. The summed E-state index contributed by atoms with van der Waals surface area (Å²) in [6, 6.07) is 145. The van der Waals surface area contributed by atoms with Crippen molar-refractivity contribution in [3.63, 3.8) is 0 Å². The van der Waals surface area contributed by atoms with Gasteiger partial charge in [0, 0.05) is 79.5 Å². The molecule has 0 saturated carbocycles. The maximum absolute atomic E-state index is 7.45. The molecule has 0 aromatic heterocycles. The molecule has 0 N–H and O–H groups in total. The minimum absolute atomic E-state index is 0.244. The molecular weight excluding hydrogens is 1260 g/mol. The highest BCUT2D eigenvalue weighted by Gasteiger charge is 2.49. The normalized spacial score (nSPS) is 12.6. The van der Waals surface area contributed by atoms with E-state index in [9.17, 15) is 0 Å². The number of para-hydroxylation sites is 9. The lowest BCUT2D eigenvalue weighted by atomic mass is 9.30. The number of fused-ring (bicyclic) bond motifs is 8. The summed E-state index contributed by atoms with van der Waals surface area (Å²) < 4.78 is 7.45. The molecule has 16 aromatic rings. The number of nitrogens with zero attached hydrogens (tertiary/aromatic N) is 5. The van der Waals surface area contributed by atoms with Crippen molar-refractivity contribution in [2.24, 2.45) is 0 Å². The average Bonchev–Trinajstić information content (AvgIpc) is 0.683. The van der Waals surface area contributed by atoms with E-state index in [1.807, 2.05) is 0 Å². The monoisotopic (exact) mass is 1330 g/mol. The topological polar surface area (TPSA) is 25.4 Å². The Bertz CT molecular complexity index is 5950. The van der Waals surface area contributed by atoms with Crippen LogP contribution >= 0.6 is 0 Å². The van der Waals surface area contributed by atoms with E-state index in [1.165, 1.54) is 21.9 Å². The third kappa shape index (κ3) is 9.97. The Balaban J connectivity index is 0.912. The fourth-order valence-corrected chi connectivity index (χ4v) is 16.9. The number of rotatable bonds is 13. The molecular formula is C96H65B2N5O. The second kappa shape index (κ2) is 25.3. The molecule has 4 aliphatic heterocycles. The number of anilines is 15. The van der Waals surface area contributed by atoms with Gasteiger partial charge in [0.2, 0.25) is 0 Å². The van der Waals surface area contributed by atoms with Crippen LogP contribution in [0.5, 0.6) is 11.5 Å².